The molecule has 0 amide bonds. The molecule has 1 aliphatic rings. The summed E-state index contributed by atoms with van der Waals surface area (Å²) < 4.78 is 1.22. The van der Waals surface area contributed by atoms with Gasteiger partial charge in [0, 0.05) is 29.3 Å². The van der Waals surface area contributed by atoms with Gasteiger partial charge in [-0.15, -0.1) is 0 Å². The van der Waals surface area contributed by atoms with Gasteiger partial charge in [-0.3, -0.25) is 0 Å². The second-order valence-electron chi connectivity index (χ2n) is 6.66. The van der Waals surface area contributed by atoms with Crippen molar-refractivity contribution in [2.24, 2.45) is 11.8 Å². The van der Waals surface area contributed by atoms with E-state index in [4.69, 9.17) is 0 Å². The van der Waals surface area contributed by atoms with Crippen molar-refractivity contribution >= 4 is 21.6 Å². The fourth-order valence-corrected chi connectivity index (χ4v) is 3.82. The Labute approximate surface area is 138 Å². The largest absolute Gasteiger partial charge is 0.368 e. The van der Waals surface area contributed by atoms with Crippen molar-refractivity contribution in [2.75, 3.05) is 18.0 Å². The number of hydrogen-bond donors (Lipinski definition) is 1. The van der Waals surface area contributed by atoms with Gasteiger partial charge >= 0.3 is 0 Å². The highest BCUT2D eigenvalue weighted by Crippen LogP contribution is 2.33. The third-order valence-corrected chi connectivity index (χ3v) is 5.45. The van der Waals surface area contributed by atoms with Crippen LogP contribution in [0.25, 0.3) is 0 Å². The number of rotatable bonds is 5. The van der Waals surface area contributed by atoms with Gasteiger partial charge in [-0.05, 0) is 55.8 Å². The molecule has 1 aliphatic heterocycles. The van der Waals surface area contributed by atoms with E-state index in [2.05, 4.69) is 72.0 Å². The van der Waals surface area contributed by atoms with Gasteiger partial charge in [-0.25, -0.2) is 0 Å². The van der Waals surface area contributed by atoms with E-state index in [0.29, 0.717) is 6.04 Å². The third-order valence-electron chi connectivity index (χ3n) is 4.71. The van der Waals surface area contributed by atoms with E-state index in [1.54, 1.807) is 0 Å². The molecule has 0 saturated carbocycles. The minimum absolute atomic E-state index is 0.622. The lowest BCUT2D eigenvalue weighted by Crippen LogP contribution is -2.45. The molecule has 0 aliphatic carbocycles. The minimum Gasteiger partial charge on any atom is -0.368 e. The molecule has 0 aromatic heterocycles. The maximum Gasteiger partial charge on any atom is 0.0380 e. The smallest absolute Gasteiger partial charge is 0.0380 e. The molecule has 1 heterocycles. The molecule has 3 unspecified atom stereocenters. The van der Waals surface area contributed by atoms with E-state index in [1.807, 2.05) is 0 Å². The van der Waals surface area contributed by atoms with Gasteiger partial charge in [0.05, 0.1) is 0 Å². The Balaban J connectivity index is 2.11. The van der Waals surface area contributed by atoms with Crippen molar-refractivity contribution in [3.63, 3.8) is 0 Å². The lowest BCUT2D eigenvalue weighted by atomic mass is 9.85. The zero-order valence-corrected chi connectivity index (χ0v) is 15.4. The van der Waals surface area contributed by atoms with Crippen LogP contribution in [0.1, 0.15) is 46.1 Å². The maximum absolute atomic E-state index is 3.75. The van der Waals surface area contributed by atoms with Crippen LogP contribution in [0.3, 0.4) is 0 Å². The van der Waals surface area contributed by atoms with Gasteiger partial charge < -0.3 is 10.2 Å². The first-order valence-corrected chi connectivity index (χ1v) is 9.08. The van der Waals surface area contributed by atoms with E-state index in [-0.39, 0.29) is 0 Å². The molecule has 1 aromatic carbocycles. The lowest BCUT2D eigenvalue weighted by molar-refractivity contribution is 0.297. The Morgan fingerprint density at radius 3 is 2.71 bits per heavy atom. The number of piperidine rings is 1. The Morgan fingerprint density at radius 1 is 1.29 bits per heavy atom. The first-order chi connectivity index (χ1) is 10.0. The van der Waals surface area contributed by atoms with Gasteiger partial charge in [-0.2, -0.15) is 0 Å². The fourth-order valence-electron chi connectivity index (χ4n) is 3.31. The van der Waals surface area contributed by atoms with Crippen LogP contribution in [-0.4, -0.2) is 19.1 Å². The summed E-state index contributed by atoms with van der Waals surface area (Å²) in [5.74, 6) is 1.54. The van der Waals surface area contributed by atoms with E-state index in [0.717, 1.165) is 24.9 Å². The summed E-state index contributed by atoms with van der Waals surface area (Å²) in [4.78, 5) is 2.58. The monoisotopic (exact) mass is 352 g/mol. The Kier molecular flexibility index (Phi) is 6.12. The molecule has 1 fully saturated rings. The number of hydrogen-bond acceptors (Lipinski definition) is 2. The first kappa shape index (κ1) is 16.8. The van der Waals surface area contributed by atoms with Crippen molar-refractivity contribution in [3.05, 3.63) is 28.2 Å². The van der Waals surface area contributed by atoms with Gasteiger partial charge in [0.25, 0.3) is 0 Å². The molecule has 2 nitrogen and oxygen atoms in total. The molecular weight excluding hydrogens is 324 g/mol. The highest BCUT2D eigenvalue weighted by Gasteiger charge is 2.28. The highest BCUT2D eigenvalue weighted by atomic mass is 79.9. The summed E-state index contributed by atoms with van der Waals surface area (Å²) in [6.45, 7) is 12.5. The fraction of sp³-hybridized carbons (Fsp3) is 0.667. The van der Waals surface area contributed by atoms with Crippen molar-refractivity contribution in [3.8, 4) is 0 Å². The van der Waals surface area contributed by atoms with E-state index in [1.165, 1.54) is 35.1 Å². The van der Waals surface area contributed by atoms with E-state index in [9.17, 15) is 0 Å². The van der Waals surface area contributed by atoms with Crippen LogP contribution in [0.4, 0.5) is 5.69 Å². The molecule has 3 heteroatoms. The van der Waals surface area contributed by atoms with Gasteiger partial charge in [-0.1, -0.05) is 42.8 Å². The molecule has 1 aromatic rings. The molecule has 0 spiro atoms. The van der Waals surface area contributed by atoms with Gasteiger partial charge in [0.2, 0.25) is 0 Å². The molecule has 0 bridgehead atoms. The predicted molar refractivity (Wildman–Crippen MR) is 95.9 cm³/mol. The molecule has 2 rings (SSSR count). The molecule has 1 N–H and O–H groups in total. The summed E-state index contributed by atoms with van der Waals surface area (Å²) in [5.41, 5.74) is 2.70. The SMILES string of the molecule is CCCNCc1ccc(N2CC(C)CC(C)C2C)cc1Br. The van der Waals surface area contributed by atoms with Crippen molar-refractivity contribution in [2.45, 2.75) is 53.1 Å². The summed E-state index contributed by atoms with van der Waals surface area (Å²) in [5, 5.41) is 3.47. The predicted octanol–water partition coefficient (Wildman–Crippen LogP) is 4.82. The Hall–Kier alpha value is -0.540. The average Bonchev–Trinajstić information content (AvgIpc) is 2.44. The van der Waals surface area contributed by atoms with Crippen molar-refractivity contribution in [1.29, 1.82) is 0 Å². The summed E-state index contributed by atoms with van der Waals surface area (Å²) in [7, 11) is 0. The van der Waals surface area contributed by atoms with E-state index >= 15 is 0 Å². The standard InChI is InChI=1S/C18H29BrN2/c1-5-8-20-11-16-6-7-17(10-18(16)19)21-12-13(2)9-14(3)15(21)4/h6-7,10,13-15,20H,5,8-9,11-12H2,1-4H3. The van der Waals surface area contributed by atoms with Crippen LogP contribution in [0.15, 0.2) is 22.7 Å². The normalized spacial score (nSPS) is 26.1. The molecular formula is C18H29BrN2. The molecule has 1 saturated heterocycles. The lowest BCUT2D eigenvalue weighted by Gasteiger charge is -2.42. The summed E-state index contributed by atoms with van der Waals surface area (Å²) in [6, 6.07) is 7.47. The minimum atomic E-state index is 0.622. The van der Waals surface area contributed by atoms with Crippen LogP contribution >= 0.6 is 15.9 Å². The van der Waals surface area contributed by atoms with Crippen LogP contribution in [0.5, 0.6) is 0 Å². The van der Waals surface area contributed by atoms with Gasteiger partial charge in [0.15, 0.2) is 0 Å². The van der Waals surface area contributed by atoms with E-state index < -0.39 is 0 Å². The topological polar surface area (TPSA) is 15.3 Å². The first-order valence-electron chi connectivity index (χ1n) is 8.28. The zero-order valence-electron chi connectivity index (χ0n) is 13.8. The average molecular weight is 353 g/mol. The molecule has 21 heavy (non-hydrogen) atoms. The summed E-state index contributed by atoms with van der Waals surface area (Å²) in [6.07, 6.45) is 2.52. The molecule has 3 atom stereocenters. The van der Waals surface area contributed by atoms with Crippen LogP contribution in [0.2, 0.25) is 0 Å². The number of halogens is 1. The Morgan fingerprint density at radius 2 is 2.05 bits per heavy atom. The number of anilines is 1. The van der Waals surface area contributed by atoms with Crippen LogP contribution < -0.4 is 10.2 Å². The number of nitrogens with one attached hydrogen (secondary N) is 1. The Bertz CT molecular complexity index is 461. The van der Waals surface area contributed by atoms with Crippen LogP contribution in [0, 0.1) is 11.8 Å². The second kappa shape index (κ2) is 7.64. The van der Waals surface area contributed by atoms with Crippen molar-refractivity contribution < 1.29 is 0 Å². The zero-order chi connectivity index (χ0) is 15.4. The number of nitrogens with zero attached hydrogens (tertiary/aromatic N) is 1. The highest BCUT2D eigenvalue weighted by molar-refractivity contribution is 9.10. The van der Waals surface area contributed by atoms with Crippen LogP contribution in [-0.2, 0) is 6.54 Å². The number of benzene rings is 1. The summed E-state index contributed by atoms with van der Waals surface area (Å²) >= 11 is 3.75. The third kappa shape index (κ3) is 4.23. The second-order valence-corrected chi connectivity index (χ2v) is 7.52. The molecule has 118 valence electrons. The quantitative estimate of drug-likeness (QED) is 0.764. The maximum atomic E-state index is 3.75. The van der Waals surface area contributed by atoms with Gasteiger partial charge in [0.1, 0.15) is 0 Å². The molecule has 0 radical (unpaired) electrons. The van der Waals surface area contributed by atoms with Crippen molar-refractivity contribution in [1.82, 2.24) is 5.32 Å².